The zero-order chi connectivity index (χ0) is 17.2. The van der Waals surface area contributed by atoms with Crippen LogP contribution < -0.4 is 4.57 Å². The lowest BCUT2D eigenvalue weighted by atomic mass is 10.1. The van der Waals surface area contributed by atoms with Crippen LogP contribution in [0.3, 0.4) is 0 Å². The number of para-hydroxylation sites is 1. The van der Waals surface area contributed by atoms with Crippen molar-refractivity contribution in [3.05, 3.63) is 77.5 Å². The normalized spacial score (nSPS) is 12.2. The molecule has 1 nitrogen and oxygen atoms in total. The zero-order valence-electron chi connectivity index (χ0n) is 13.2. The maximum absolute atomic E-state index is 13.1. The molecule has 0 aliphatic rings. The Balaban J connectivity index is 2.06. The van der Waals surface area contributed by atoms with Crippen molar-refractivity contribution < 1.29 is 17.7 Å². The fourth-order valence-electron chi connectivity index (χ4n) is 2.85. The van der Waals surface area contributed by atoms with E-state index in [4.69, 9.17) is 0 Å². The summed E-state index contributed by atoms with van der Waals surface area (Å²) >= 11 is 0. The van der Waals surface area contributed by atoms with Gasteiger partial charge in [-0.05, 0) is 36.8 Å². The van der Waals surface area contributed by atoms with E-state index in [1.165, 1.54) is 18.2 Å². The highest BCUT2D eigenvalue weighted by Crippen LogP contribution is 2.32. The van der Waals surface area contributed by atoms with Gasteiger partial charge in [0.2, 0.25) is 11.2 Å². The van der Waals surface area contributed by atoms with Crippen LogP contribution in [0.5, 0.6) is 0 Å². The molecule has 1 heterocycles. The van der Waals surface area contributed by atoms with Gasteiger partial charge in [-0.15, -0.1) is 0 Å². The Hall–Kier alpha value is -2.62. The quantitative estimate of drug-likeness (QED) is 0.572. The molecule has 0 amide bonds. The highest BCUT2D eigenvalue weighted by Gasteiger charge is 2.32. The van der Waals surface area contributed by atoms with E-state index in [0.29, 0.717) is 0 Å². The van der Waals surface area contributed by atoms with E-state index in [0.717, 1.165) is 29.2 Å². The van der Waals surface area contributed by atoms with Crippen LogP contribution in [0.25, 0.3) is 23.1 Å². The summed E-state index contributed by atoms with van der Waals surface area (Å²) in [5.74, 6) is 0. The molecule has 0 bridgehead atoms. The zero-order valence-corrected chi connectivity index (χ0v) is 13.2. The minimum atomic E-state index is -4.36. The number of benzene rings is 2. The summed E-state index contributed by atoms with van der Waals surface area (Å²) in [6, 6.07) is 17.5. The molecule has 0 saturated heterocycles. The minimum absolute atomic E-state index is 0.167. The standard InChI is InChI=1S/C20H17F3N/c1-2-24-17(14-12-16-8-4-6-10-19(16)24)13-11-15-7-3-5-9-18(15)20(21,22)23/h3-14H,2H2,1H3/q+1/b13-11+. The molecule has 3 rings (SSSR count). The maximum atomic E-state index is 13.1. The Morgan fingerprint density at radius 3 is 2.33 bits per heavy atom. The fraction of sp³-hybridized carbons (Fsp3) is 0.150. The summed E-state index contributed by atoms with van der Waals surface area (Å²) in [6.07, 6.45) is -1.09. The van der Waals surface area contributed by atoms with Crippen molar-refractivity contribution in [2.45, 2.75) is 19.6 Å². The van der Waals surface area contributed by atoms with Gasteiger partial charge in [0, 0.05) is 23.6 Å². The van der Waals surface area contributed by atoms with Gasteiger partial charge in [-0.3, -0.25) is 0 Å². The molecule has 0 radical (unpaired) electrons. The van der Waals surface area contributed by atoms with E-state index in [9.17, 15) is 13.2 Å². The molecule has 0 atom stereocenters. The van der Waals surface area contributed by atoms with Gasteiger partial charge in [-0.2, -0.15) is 17.7 Å². The van der Waals surface area contributed by atoms with Crippen molar-refractivity contribution in [2.24, 2.45) is 0 Å². The second kappa shape index (κ2) is 6.48. The molecule has 0 fully saturated rings. The summed E-state index contributed by atoms with van der Waals surface area (Å²) in [7, 11) is 0. The van der Waals surface area contributed by atoms with E-state index in [2.05, 4.69) is 4.57 Å². The Morgan fingerprint density at radius 2 is 1.58 bits per heavy atom. The van der Waals surface area contributed by atoms with Gasteiger partial charge in [0.05, 0.1) is 5.56 Å². The van der Waals surface area contributed by atoms with Gasteiger partial charge in [-0.25, -0.2) is 0 Å². The second-order valence-corrected chi connectivity index (χ2v) is 5.48. The van der Waals surface area contributed by atoms with E-state index in [1.807, 2.05) is 43.3 Å². The number of nitrogens with zero attached hydrogens (tertiary/aromatic N) is 1. The van der Waals surface area contributed by atoms with Crippen LogP contribution in [0.2, 0.25) is 0 Å². The topological polar surface area (TPSA) is 3.88 Å². The Labute approximate surface area is 138 Å². The van der Waals surface area contributed by atoms with Crippen molar-refractivity contribution in [3.63, 3.8) is 0 Å². The number of hydrogen-bond acceptors (Lipinski definition) is 0. The molecule has 0 aliphatic carbocycles. The number of pyridine rings is 1. The third kappa shape index (κ3) is 3.18. The number of halogens is 3. The number of rotatable bonds is 3. The Bertz CT molecular complexity index is 895. The number of aryl methyl sites for hydroxylation is 1. The highest BCUT2D eigenvalue weighted by molar-refractivity contribution is 5.77. The summed E-state index contributed by atoms with van der Waals surface area (Å²) < 4.78 is 41.4. The largest absolute Gasteiger partial charge is 0.416 e. The van der Waals surface area contributed by atoms with Crippen molar-refractivity contribution >= 4 is 23.1 Å². The van der Waals surface area contributed by atoms with Crippen LogP contribution in [-0.2, 0) is 12.7 Å². The van der Waals surface area contributed by atoms with Gasteiger partial charge in [0.25, 0.3) is 0 Å². The first kappa shape index (κ1) is 16.2. The molecule has 4 heteroatoms. The molecule has 0 aliphatic heterocycles. The molecule has 3 aromatic rings. The minimum Gasteiger partial charge on any atom is -0.192 e. The summed E-state index contributed by atoms with van der Waals surface area (Å²) in [5.41, 5.74) is 1.48. The second-order valence-electron chi connectivity index (χ2n) is 5.48. The Kier molecular flexibility index (Phi) is 4.38. The van der Waals surface area contributed by atoms with Crippen molar-refractivity contribution in [3.8, 4) is 0 Å². The summed E-state index contributed by atoms with van der Waals surface area (Å²) in [4.78, 5) is 0. The van der Waals surface area contributed by atoms with Gasteiger partial charge < -0.3 is 0 Å². The third-order valence-electron chi connectivity index (χ3n) is 3.99. The molecular weight excluding hydrogens is 311 g/mol. The predicted octanol–water partition coefficient (Wildman–Crippen LogP) is 5.34. The van der Waals surface area contributed by atoms with Crippen LogP contribution >= 0.6 is 0 Å². The van der Waals surface area contributed by atoms with Gasteiger partial charge >= 0.3 is 6.18 Å². The predicted molar refractivity (Wildman–Crippen MR) is 90.2 cm³/mol. The fourth-order valence-corrected chi connectivity index (χ4v) is 2.85. The van der Waals surface area contributed by atoms with E-state index in [1.54, 1.807) is 12.1 Å². The summed E-state index contributed by atoms with van der Waals surface area (Å²) in [6.45, 7) is 2.76. The summed E-state index contributed by atoms with van der Waals surface area (Å²) in [5, 5.41) is 1.10. The average Bonchev–Trinajstić information content (AvgIpc) is 2.58. The number of fused-ring (bicyclic) bond motifs is 1. The van der Waals surface area contributed by atoms with Crippen molar-refractivity contribution in [2.75, 3.05) is 0 Å². The van der Waals surface area contributed by atoms with Crippen LogP contribution in [0.1, 0.15) is 23.7 Å². The molecule has 0 spiro atoms. The Morgan fingerprint density at radius 1 is 0.875 bits per heavy atom. The average molecular weight is 328 g/mol. The van der Waals surface area contributed by atoms with Crippen LogP contribution in [0.4, 0.5) is 13.2 Å². The third-order valence-corrected chi connectivity index (χ3v) is 3.99. The lowest BCUT2D eigenvalue weighted by Crippen LogP contribution is -2.36. The van der Waals surface area contributed by atoms with Gasteiger partial charge in [-0.1, -0.05) is 30.3 Å². The first-order chi connectivity index (χ1) is 11.5. The van der Waals surface area contributed by atoms with E-state index >= 15 is 0 Å². The molecule has 0 N–H and O–H groups in total. The highest BCUT2D eigenvalue weighted by atomic mass is 19.4. The monoisotopic (exact) mass is 328 g/mol. The molecule has 122 valence electrons. The molecule has 24 heavy (non-hydrogen) atoms. The molecular formula is C20H17F3N+. The van der Waals surface area contributed by atoms with Crippen LogP contribution in [-0.4, -0.2) is 0 Å². The van der Waals surface area contributed by atoms with Gasteiger partial charge in [0.15, 0.2) is 0 Å². The van der Waals surface area contributed by atoms with Gasteiger partial charge in [0.1, 0.15) is 6.54 Å². The van der Waals surface area contributed by atoms with Crippen molar-refractivity contribution in [1.82, 2.24) is 0 Å². The number of hydrogen-bond donors (Lipinski definition) is 0. The smallest absolute Gasteiger partial charge is 0.192 e. The SMILES string of the molecule is CC[n+]1c(/C=C/c2ccccc2C(F)(F)F)ccc2ccccc21. The van der Waals surface area contributed by atoms with Crippen molar-refractivity contribution in [1.29, 1.82) is 0 Å². The maximum Gasteiger partial charge on any atom is 0.416 e. The first-order valence-corrected chi connectivity index (χ1v) is 7.76. The van der Waals surface area contributed by atoms with E-state index in [-0.39, 0.29) is 5.56 Å². The molecule has 2 aromatic carbocycles. The number of alkyl halides is 3. The molecule has 0 saturated carbocycles. The molecule has 0 unspecified atom stereocenters. The first-order valence-electron chi connectivity index (χ1n) is 7.76. The van der Waals surface area contributed by atoms with Crippen LogP contribution in [0.15, 0.2) is 60.7 Å². The lowest BCUT2D eigenvalue weighted by molar-refractivity contribution is -0.669. The lowest BCUT2D eigenvalue weighted by Gasteiger charge is -2.09. The van der Waals surface area contributed by atoms with Crippen LogP contribution in [0, 0.1) is 0 Å². The van der Waals surface area contributed by atoms with E-state index < -0.39 is 11.7 Å². The number of aromatic nitrogens is 1. The molecule has 1 aromatic heterocycles.